The molecule has 1 heterocycles. The summed E-state index contributed by atoms with van der Waals surface area (Å²) in [6, 6.07) is 3.40. The normalized spacial score (nSPS) is 16.3. The summed E-state index contributed by atoms with van der Waals surface area (Å²) in [5, 5.41) is 2.85. The Morgan fingerprint density at radius 3 is 2.95 bits per heavy atom. The van der Waals surface area contributed by atoms with E-state index in [0.29, 0.717) is 29.4 Å². The van der Waals surface area contributed by atoms with Crippen LogP contribution in [0, 0.1) is 0 Å². The smallest absolute Gasteiger partial charge is 0.251 e. The molecule has 5 heteroatoms. The van der Waals surface area contributed by atoms with Gasteiger partial charge in [0, 0.05) is 18.3 Å². The van der Waals surface area contributed by atoms with Crippen molar-refractivity contribution in [3.05, 3.63) is 28.5 Å². The summed E-state index contributed by atoms with van der Waals surface area (Å²) in [5.41, 5.74) is 0.611. The van der Waals surface area contributed by atoms with E-state index in [1.165, 1.54) is 19.3 Å². The Bertz CT molecular complexity index is 420. The summed E-state index contributed by atoms with van der Waals surface area (Å²) in [6.45, 7) is 1.14. The molecule has 1 aliphatic carbocycles. The minimum Gasteiger partial charge on any atom is -0.376 e. The van der Waals surface area contributed by atoms with Crippen LogP contribution in [0.2, 0.25) is 0 Å². The Balaban J connectivity index is 1.66. The maximum Gasteiger partial charge on any atom is 0.251 e. The minimum absolute atomic E-state index is 0.0876. The zero-order valence-electron chi connectivity index (χ0n) is 10.9. The Morgan fingerprint density at radius 1 is 1.42 bits per heavy atom. The fraction of sp³-hybridized carbons (Fsp3) is 0.571. The van der Waals surface area contributed by atoms with Crippen molar-refractivity contribution in [2.24, 2.45) is 0 Å². The van der Waals surface area contributed by atoms with Gasteiger partial charge in [0.2, 0.25) is 0 Å². The molecule has 0 spiro atoms. The van der Waals surface area contributed by atoms with E-state index < -0.39 is 0 Å². The zero-order chi connectivity index (χ0) is 13.5. The van der Waals surface area contributed by atoms with Crippen molar-refractivity contribution in [1.82, 2.24) is 10.3 Å². The number of aromatic nitrogens is 1. The molecule has 104 valence electrons. The average Bonchev–Trinajstić information content (AvgIpc) is 2.44. The molecular weight excluding hydrogens is 308 g/mol. The van der Waals surface area contributed by atoms with Crippen molar-refractivity contribution in [3.8, 4) is 0 Å². The molecule has 1 aliphatic rings. The number of nitrogens with zero attached hydrogens (tertiary/aromatic N) is 1. The molecule has 0 aromatic carbocycles. The quantitative estimate of drug-likeness (QED) is 0.668. The molecule has 4 nitrogen and oxygen atoms in total. The summed E-state index contributed by atoms with van der Waals surface area (Å²) in [6.07, 6.45) is 8.17. The highest BCUT2D eigenvalue weighted by atomic mass is 79.9. The van der Waals surface area contributed by atoms with Crippen molar-refractivity contribution < 1.29 is 9.53 Å². The second-order valence-electron chi connectivity index (χ2n) is 4.75. The fourth-order valence-electron chi connectivity index (χ4n) is 2.27. The number of hydrogen-bond donors (Lipinski definition) is 1. The summed E-state index contributed by atoms with van der Waals surface area (Å²) >= 11 is 3.25. The monoisotopic (exact) mass is 326 g/mol. The fourth-order valence-corrected chi connectivity index (χ4v) is 2.63. The number of carbonyl (C=O) groups is 1. The Morgan fingerprint density at radius 2 is 2.21 bits per heavy atom. The second-order valence-corrected chi connectivity index (χ2v) is 5.57. The lowest BCUT2D eigenvalue weighted by Gasteiger charge is -2.21. The van der Waals surface area contributed by atoms with Crippen LogP contribution in [-0.4, -0.2) is 30.1 Å². The largest absolute Gasteiger partial charge is 0.376 e. The summed E-state index contributed by atoms with van der Waals surface area (Å²) in [7, 11) is 0. The lowest BCUT2D eigenvalue weighted by molar-refractivity contribution is 0.0299. The number of halogens is 1. The van der Waals surface area contributed by atoms with Gasteiger partial charge < -0.3 is 10.1 Å². The molecule has 1 N–H and O–H groups in total. The standard InChI is InChI=1S/C14H19BrN2O2/c15-13-10-11(6-7-16-13)14(18)17-8-9-19-12-4-2-1-3-5-12/h6-7,10,12H,1-5,8-9H2,(H,17,18). The highest BCUT2D eigenvalue weighted by Crippen LogP contribution is 2.19. The molecule has 0 aliphatic heterocycles. The van der Waals surface area contributed by atoms with Crippen LogP contribution in [0.5, 0.6) is 0 Å². The predicted octanol–water partition coefficient (Wildman–Crippen LogP) is 2.92. The van der Waals surface area contributed by atoms with Gasteiger partial charge in [-0.1, -0.05) is 19.3 Å². The van der Waals surface area contributed by atoms with Gasteiger partial charge in [-0.25, -0.2) is 4.98 Å². The van der Waals surface area contributed by atoms with E-state index in [1.807, 2.05) is 0 Å². The van der Waals surface area contributed by atoms with E-state index >= 15 is 0 Å². The maximum absolute atomic E-state index is 11.8. The third-order valence-corrected chi connectivity index (χ3v) is 3.72. The first-order valence-corrected chi connectivity index (χ1v) is 7.56. The average molecular weight is 327 g/mol. The lowest BCUT2D eigenvalue weighted by atomic mass is 9.98. The molecule has 2 rings (SSSR count). The maximum atomic E-state index is 11.8. The number of amides is 1. The van der Waals surface area contributed by atoms with Crippen LogP contribution in [0.15, 0.2) is 22.9 Å². The number of nitrogens with one attached hydrogen (secondary N) is 1. The summed E-state index contributed by atoms with van der Waals surface area (Å²) in [5.74, 6) is -0.0876. The topological polar surface area (TPSA) is 51.2 Å². The van der Waals surface area contributed by atoms with E-state index in [1.54, 1.807) is 18.3 Å². The van der Waals surface area contributed by atoms with Gasteiger partial charge in [0.25, 0.3) is 5.91 Å². The van der Waals surface area contributed by atoms with Crippen LogP contribution >= 0.6 is 15.9 Å². The SMILES string of the molecule is O=C(NCCOC1CCCCC1)c1ccnc(Br)c1. The van der Waals surface area contributed by atoms with Crippen LogP contribution in [-0.2, 0) is 4.74 Å². The van der Waals surface area contributed by atoms with Crippen LogP contribution in [0.1, 0.15) is 42.5 Å². The highest BCUT2D eigenvalue weighted by molar-refractivity contribution is 9.10. The van der Waals surface area contributed by atoms with E-state index in [4.69, 9.17) is 4.74 Å². The number of carbonyl (C=O) groups excluding carboxylic acids is 1. The number of pyridine rings is 1. The van der Waals surface area contributed by atoms with Gasteiger partial charge in [-0.3, -0.25) is 4.79 Å². The van der Waals surface area contributed by atoms with Crippen LogP contribution in [0.4, 0.5) is 0 Å². The number of ether oxygens (including phenoxy) is 1. The molecule has 1 saturated carbocycles. The Hall–Kier alpha value is -0.940. The van der Waals surface area contributed by atoms with Gasteiger partial charge in [0.1, 0.15) is 4.60 Å². The molecule has 0 radical (unpaired) electrons. The Kier molecular flexibility index (Phi) is 5.79. The van der Waals surface area contributed by atoms with E-state index in [-0.39, 0.29) is 5.91 Å². The van der Waals surface area contributed by atoms with Gasteiger partial charge in [-0.05, 0) is 40.9 Å². The van der Waals surface area contributed by atoms with Gasteiger partial charge in [0.05, 0.1) is 12.7 Å². The van der Waals surface area contributed by atoms with Crippen molar-refractivity contribution in [2.75, 3.05) is 13.2 Å². The van der Waals surface area contributed by atoms with Gasteiger partial charge in [0.15, 0.2) is 0 Å². The van der Waals surface area contributed by atoms with E-state index in [9.17, 15) is 4.79 Å². The van der Waals surface area contributed by atoms with E-state index in [2.05, 4.69) is 26.2 Å². The molecule has 0 bridgehead atoms. The predicted molar refractivity (Wildman–Crippen MR) is 77.1 cm³/mol. The first-order valence-electron chi connectivity index (χ1n) is 6.77. The third-order valence-electron chi connectivity index (χ3n) is 3.28. The van der Waals surface area contributed by atoms with Crippen molar-refractivity contribution in [3.63, 3.8) is 0 Å². The molecule has 19 heavy (non-hydrogen) atoms. The molecule has 1 fully saturated rings. The van der Waals surface area contributed by atoms with Crippen LogP contribution in [0.3, 0.4) is 0 Å². The van der Waals surface area contributed by atoms with Crippen LogP contribution in [0.25, 0.3) is 0 Å². The molecular formula is C14H19BrN2O2. The van der Waals surface area contributed by atoms with Crippen LogP contribution < -0.4 is 5.32 Å². The molecule has 1 aromatic heterocycles. The van der Waals surface area contributed by atoms with Crippen molar-refractivity contribution in [1.29, 1.82) is 0 Å². The van der Waals surface area contributed by atoms with Gasteiger partial charge >= 0.3 is 0 Å². The van der Waals surface area contributed by atoms with Crippen molar-refractivity contribution in [2.45, 2.75) is 38.2 Å². The molecule has 1 aromatic rings. The zero-order valence-corrected chi connectivity index (χ0v) is 12.5. The summed E-state index contributed by atoms with van der Waals surface area (Å²) < 4.78 is 6.42. The lowest BCUT2D eigenvalue weighted by Crippen LogP contribution is -2.29. The summed E-state index contributed by atoms with van der Waals surface area (Å²) in [4.78, 5) is 15.8. The number of hydrogen-bond acceptors (Lipinski definition) is 3. The Labute approximate surface area is 122 Å². The molecule has 0 atom stereocenters. The van der Waals surface area contributed by atoms with Gasteiger partial charge in [-0.2, -0.15) is 0 Å². The first kappa shape index (κ1) is 14.5. The number of rotatable bonds is 5. The molecule has 0 unspecified atom stereocenters. The highest BCUT2D eigenvalue weighted by Gasteiger charge is 2.13. The third kappa shape index (κ3) is 4.91. The van der Waals surface area contributed by atoms with E-state index in [0.717, 1.165) is 12.8 Å². The molecule has 0 saturated heterocycles. The minimum atomic E-state index is -0.0876. The van der Waals surface area contributed by atoms with Gasteiger partial charge in [-0.15, -0.1) is 0 Å². The second kappa shape index (κ2) is 7.60. The molecule has 1 amide bonds. The van der Waals surface area contributed by atoms with Crippen molar-refractivity contribution >= 4 is 21.8 Å². The first-order chi connectivity index (χ1) is 9.25.